The molecule has 0 saturated heterocycles. The Hall–Kier alpha value is -3.14. The summed E-state index contributed by atoms with van der Waals surface area (Å²) in [5, 5.41) is 0. The molecule has 0 aliphatic carbocycles. The monoisotopic (exact) mass is 298 g/mol. The van der Waals surface area contributed by atoms with Gasteiger partial charge in [0.1, 0.15) is 5.52 Å². The lowest BCUT2D eigenvalue weighted by atomic mass is 10.2. The first-order valence-electron chi connectivity index (χ1n) is 7.61. The van der Waals surface area contributed by atoms with Gasteiger partial charge in [0.25, 0.3) is 0 Å². The fraction of sp³-hybridized carbons (Fsp3) is 0.0526. The van der Waals surface area contributed by atoms with Gasteiger partial charge in [-0.2, -0.15) is 0 Å². The van der Waals surface area contributed by atoms with Crippen molar-refractivity contribution >= 4 is 27.8 Å². The summed E-state index contributed by atoms with van der Waals surface area (Å²) in [6, 6.07) is 18.9. The van der Waals surface area contributed by atoms with Crippen LogP contribution in [0.15, 0.2) is 67.0 Å². The largest absolute Gasteiger partial charge is 0.278 e. The number of aryl methyl sites for hydroxylation is 1. The van der Waals surface area contributed by atoms with Gasteiger partial charge in [-0.05, 0) is 42.8 Å². The molecule has 0 atom stereocenters. The van der Waals surface area contributed by atoms with Gasteiger partial charge in [0.05, 0.1) is 22.7 Å². The van der Waals surface area contributed by atoms with Crippen molar-refractivity contribution in [3.05, 3.63) is 72.6 Å². The first-order valence-corrected chi connectivity index (χ1v) is 7.61. The van der Waals surface area contributed by atoms with Crippen LogP contribution in [0.1, 0.15) is 5.56 Å². The fourth-order valence-electron chi connectivity index (χ4n) is 3.28. The minimum absolute atomic E-state index is 0.912. The summed E-state index contributed by atoms with van der Waals surface area (Å²) in [6.07, 6.45) is 3.63. The molecule has 0 bridgehead atoms. The van der Waals surface area contributed by atoms with Crippen molar-refractivity contribution in [3.8, 4) is 5.69 Å². The highest BCUT2D eigenvalue weighted by molar-refractivity contribution is 5.91. The predicted molar refractivity (Wildman–Crippen MR) is 92.1 cm³/mol. The summed E-state index contributed by atoms with van der Waals surface area (Å²) in [5.41, 5.74) is 6.65. The molecule has 110 valence electrons. The van der Waals surface area contributed by atoms with E-state index < -0.39 is 0 Å². The highest BCUT2D eigenvalue weighted by atomic mass is 15.2. The zero-order chi connectivity index (χ0) is 15.4. The summed E-state index contributed by atoms with van der Waals surface area (Å²) in [5.74, 6) is 0.916. The van der Waals surface area contributed by atoms with Crippen LogP contribution < -0.4 is 0 Å². The first kappa shape index (κ1) is 12.4. The van der Waals surface area contributed by atoms with Crippen molar-refractivity contribution in [2.75, 3.05) is 0 Å². The zero-order valence-electron chi connectivity index (χ0n) is 12.6. The smallest absolute Gasteiger partial charge is 0.220 e. The minimum atomic E-state index is 0.912. The lowest BCUT2D eigenvalue weighted by Gasteiger charge is -2.05. The molecule has 3 heterocycles. The molecule has 0 unspecified atom stereocenters. The highest BCUT2D eigenvalue weighted by Gasteiger charge is 2.16. The third-order valence-corrected chi connectivity index (χ3v) is 4.26. The van der Waals surface area contributed by atoms with Crippen LogP contribution in [-0.2, 0) is 0 Å². The number of fused-ring (bicyclic) bond motifs is 5. The normalized spacial score (nSPS) is 11.7. The van der Waals surface area contributed by atoms with Crippen molar-refractivity contribution in [2.24, 2.45) is 0 Å². The molecule has 0 fully saturated rings. The molecule has 3 aromatic heterocycles. The van der Waals surface area contributed by atoms with E-state index in [1.807, 2.05) is 18.5 Å². The van der Waals surface area contributed by atoms with Gasteiger partial charge in [-0.15, -0.1) is 0 Å². The number of nitrogens with zero attached hydrogens (tertiary/aromatic N) is 4. The van der Waals surface area contributed by atoms with Gasteiger partial charge in [-0.3, -0.25) is 14.0 Å². The van der Waals surface area contributed by atoms with E-state index in [9.17, 15) is 0 Å². The molecule has 0 spiro atoms. The molecule has 4 nitrogen and oxygen atoms in total. The fourth-order valence-corrected chi connectivity index (χ4v) is 3.28. The van der Waals surface area contributed by atoms with E-state index in [1.165, 1.54) is 5.56 Å². The van der Waals surface area contributed by atoms with Crippen molar-refractivity contribution in [3.63, 3.8) is 0 Å². The second-order valence-corrected chi connectivity index (χ2v) is 5.77. The van der Waals surface area contributed by atoms with Crippen LogP contribution in [0.4, 0.5) is 0 Å². The number of hydrogen-bond donors (Lipinski definition) is 0. The standard InChI is InChI=1S/C19H14N4/c1-13-5-4-6-14(11-13)22-17-7-2-3-8-18(17)23-16-9-10-20-12-15(16)21-19(22)23/h2-12H,1H3. The Kier molecular flexibility index (Phi) is 2.39. The van der Waals surface area contributed by atoms with E-state index in [0.717, 1.165) is 33.5 Å². The van der Waals surface area contributed by atoms with E-state index >= 15 is 0 Å². The Bertz CT molecular complexity index is 1180. The summed E-state index contributed by atoms with van der Waals surface area (Å²) < 4.78 is 4.41. The number of aromatic nitrogens is 4. The summed E-state index contributed by atoms with van der Waals surface area (Å²) >= 11 is 0. The number of imidazole rings is 2. The van der Waals surface area contributed by atoms with Gasteiger partial charge in [0, 0.05) is 11.9 Å². The van der Waals surface area contributed by atoms with Crippen molar-refractivity contribution < 1.29 is 0 Å². The summed E-state index contributed by atoms with van der Waals surface area (Å²) in [6.45, 7) is 2.11. The Morgan fingerprint density at radius 1 is 0.870 bits per heavy atom. The van der Waals surface area contributed by atoms with Gasteiger partial charge in [0.2, 0.25) is 5.78 Å². The van der Waals surface area contributed by atoms with Crippen LogP contribution in [-0.4, -0.2) is 18.9 Å². The van der Waals surface area contributed by atoms with Gasteiger partial charge in [-0.1, -0.05) is 24.3 Å². The van der Waals surface area contributed by atoms with Crippen LogP contribution in [0.3, 0.4) is 0 Å². The number of hydrogen-bond acceptors (Lipinski definition) is 2. The molecule has 0 aliphatic heterocycles. The van der Waals surface area contributed by atoms with E-state index in [1.54, 1.807) is 0 Å². The molecule has 0 aliphatic rings. The molecule has 0 radical (unpaired) electrons. The van der Waals surface area contributed by atoms with Crippen LogP contribution in [0.25, 0.3) is 33.5 Å². The molecule has 0 N–H and O–H groups in total. The van der Waals surface area contributed by atoms with Crippen LogP contribution in [0.5, 0.6) is 0 Å². The van der Waals surface area contributed by atoms with Gasteiger partial charge in [-0.25, -0.2) is 4.98 Å². The van der Waals surface area contributed by atoms with Crippen LogP contribution in [0.2, 0.25) is 0 Å². The minimum Gasteiger partial charge on any atom is -0.278 e. The Labute approximate surface area is 132 Å². The average molecular weight is 298 g/mol. The average Bonchev–Trinajstić information content (AvgIpc) is 3.09. The first-order chi connectivity index (χ1) is 11.3. The Balaban J connectivity index is 2.04. The quantitative estimate of drug-likeness (QED) is 0.466. The van der Waals surface area contributed by atoms with Crippen molar-refractivity contribution in [2.45, 2.75) is 6.92 Å². The van der Waals surface area contributed by atoms with Crippen LogP contribution >= 0.6 is 0 Å². The van der Waals surface area contributed by atoms with Gasteiger partial charge >= 0.3 is 0 Å². The molecular weight excluding hydrogens is 284 g/mol. The second-order valence-electron chi connectivity index (χ2n) is 5.77. The Morgan fingerprint density at radius 3 is 2.61 bits per heavy atom. The zero-order valence-corrected chi connectivity index (χ0v) is 12.6. The Morgan fingerprint density at radius 2 is 1.74 bits per heavy atom. The predicted octanol–water partition coefficient (Wildman–Crippen LogP) is 4.13. The van der Waals surface area contributed by atoms with E-state index in [0.29, 0.717) is 0 Å². The lowest BCUT2D eigenvalue weighted by Crippen LogP contribution is -1.95. The number of pyridine rings is 1. The molecule has 2 aromatic carbocycles. The van der Waals surface area contributed by atoms with Gasteiger partial charge < -0.3 is 0 Å². The maximum absolute atomic E-state index is 4.82. The lowest BCUT2D eigenvalue weighted by molar-refractivity contribution is 1.10. The second kappa shape index (κ2) is 4.43. The van der Waals surface area contributed by atoms with Crippen molar-refractivity contribution in [1.82, 2.24) is 18.9 Å². The highest BCUT2D eigenvalue weighted by Crippen LogP contribution is 2.28. The molecular formula is C19H14N4. The molecule has 4 heteroatoms. The van der Waals surface area contributed by atoms with E-state index in [4.69, 9.17) is 4.98 Å². The van der Waals surface area contributed by atoms with Gasteiger partial charge in [0.15, 0.2) is 0 Å². The molecule has 5 rings (SSSR count). The molecule has 5 aromatic rings. The van der Waals surface area contributed by atoms with E-state index in [-0.39, 0.29) is 0 Å². The molecule has 0 amide bonds. The number of benzene rings is 2. The molecule has 0 saturated carbocycles. The maximum atomic E-state index is 4.82. The molecule has 23 heavy (non-hydrogen) atoms. The van der Waals surface area contributed by atoms with Crippen LogP contribution in [0, 0.1) is 6.92 Å². The van der Waals surface area contributed by atoms with Crippen molar-refractivity contribution in [1.29, 1.82) is 0 Å². The third kappa shape index (κ3) is 1.66. The third-order valence-electron chi connectivity index (χ3n) is 4.26. The summed E-state index contributed by atoms with van der Waals surface area (Å²) in [4.78, 5) is 9.02. The summed E-state index contributed by atoms with van der Waals surface area (Å²) in [7, 11) is 0. The number of rotatable bonds is 1. The maximum Gasteiger partial charge on any atom is 0.220 e. The number of para-hydroxylation sites is 2. The topological polar surface area (TPSA) is 35.1 Å². The van der Waals surface area contributed by atoms with E-state index in [2.05, 4.69) is 69.4 Å². The SMILES string of the molecule is Cc1cccc(-n2c3ccccc3n3c4ccncc4nc23)c1.